The van der Waals surface area contributed by atoms with Crippen molar-refractivity contribution in [2.75, 3.05) is 6.54 Å². The standard InChI is InChI=1S/C10H20N2O3/c1-7(2)9(11)10(15)12-6-4-3-5-8(13)14/h7,9H,3-6,11H2,1-2H3,(H,12,15)(H,13,14)/t9-/m1/s1. The van der Waals surface area contributed by atoms with Crippen LogP contribution in [0, 0.1) is 5.92 Å². The number of aliphatic carboxylic acids is 1. The topological polar surface area (TPSA) is 92.4 Å². The van der Waals surface area contributed by atoms with Gasteiger partial charge in [-0.15, -0.1) is 0 Å². The van der Waals surface area contributed by atoms with Crippen molar-refractivity contribution in [1.29, 1.82) is 0 Å². The Morgan fingerprint density at radius 3 is 2.40 bits per heavy atom. The van der Waals surface area contributed by atoms with Crippen LogP contribution in [0.4, 0.5) is 0 Å². The van der Waals surface area contributed by atoms with Gasteiger partial charge >= 0.3 is 5.97 Å². The van der Waals surface area contributed by atoms with E-state index < -0.39 is 12.0 Å². The molecule has 1 atom stereocenters. The highest BCUT2D eigenvalue weighted by Gasteiger charge is 2.15. The molecule has 0 heterocycles. The van der Waals surface area contributed by atoms with Crippen LogP contribution in [0.3, 0.4) is 0 Å². The van der Waals surface area contributed by atoms with Gasteiger partial charge in [-0.2, -0.15) is 0 Å². The number of hydrogen-bond donors (Lipinski definition) is 3. The number of hydrogen-bond acceptors (Lipinski definition) is 3. The van der Waals surface area contributed by atoms with Gasteiger partial charge < -0.3 is 16.2 Å². The molecule has 88 valence electrons. The third-order valence-electron chi connectivity index (χ3n) is 2.14. The molecule has 0 aromatic heterocycles. The van der Waals surface area contributed by atoms with Crippen LogP contribution in [0.5, 0.6) is 0 Å². The van der Waals surface area contributed by atoms with Crippen molar-refractivity contribution in [3.63, 3.8) is 0 Å². The summed E-state index contributed by atoms with van der Waals surface area (Å²) in [4.78, 5) is 21.5. The second-order valence-electron chi connectivity index (χ2n) is 3.91. The van der Waals surface area contributed by atoms with E-state index in [2.05, 4.69) is 5.32 Å². The van der Waals surface area contributed by atoms with E-state index in [1.807, 2.05) is 13.8 Å². The summed E-state index contributed by atoms with van der Waals surface area (Å²) in [5, 5.41) is 11.1. The molecule has 0 aliphatic carbocycles. The zero-order chi connectivity index (χ0) is 11.8. The molecule has 15 heavy (non-hydrogen) atoms. The first-order valence-corrected chi connectivity index (χ1v) is 5.20. The lowest BCUT2D eigenvalue weighted by molar-refractivity contribution is -0.137. The summed E-state index contributed by atoms with van der Waals surface area (Å²) in [6, 6.07) is -0.482. The highest BCUT2D eigenvalue weighted by molar-refractivity contribution is 5.81. The molecule has 0 unspecified atom stereocenters. The minimum Gasteiger partial charge on any atom is -0.481 e. The molecule has 0 aliphatic rings. The lowest BCUT2D eigenvalue weighted by atomic mass is 10.1. The monoisotopic (exact) mass is 216 g/mol. The lowest BCUT2D eigenvalue weighted by Crippen LogP contribution is -2.44. The quantitative estimate of drug-likeness (QED) is 0.535. The Morgan fingerprint density at radius 1 is 1.33 bits per heavy atom. The van der Waals surface area contributed by atoms with E-state index in [1.165, 1.54) is 0 Å². The summed E-state index contributed by atoms with van der Waals surface area (Å²) < 4.78 is 0. The van der Waals surface area contributed by atoms with Crippen molar-refractivity contribution < 1.29 is 14.7 Å². The van der Waals surface area contributed by atoms with Crippen molar-refractivity contribution in [3.05, 3.63) is 0 Å². The maximum Gasteiger partial charge on any atom is 0.303 e. The molecule has 0 radical (unpaired) electrons. The van der Waals surface area contributed by atoms with Gasteiger partial charge in [0, 0.05) is 13.0 Å². The number of unbranched alkanes of at least 4 members (excludes halogenated alkanes) is 1. The van der Waals surface area contributed by atoms with Crippen LogP contribution in [0.1, 0.15) is 33.1 Å². The fourth-order valence-corrected chi connectivity index (χ4v) is 1.03. The molecule has 0 fully saturated rings. The van der Waals surface area contributed by atoms with Gasteiger partial charge in [-0.3, -0.25) is 9.59 Å². The summed E-state index contributed by atoms with van der Waals surface area (Å²) in [6.07, 6.45) is 1.39. The number of carboxylic acid groups (broad SMARTS) is 1. The smallest absolute Gasteiger partial charge is 0.303 e. The summed E-state index contributed by atoms with van der Waals surface area (Å²) in [5.74, 6) is -0.857. The number of nitrogens with two attached hydrogens (primary N) is 1. The highest BCUT2D eigenvalue weighted by atomic mass is 16.4. The Bertz CT molecular complexity index is 217. The minimum absolute atomic E-state index is 0.115. The van der Waals surface area contributed by atoms with Crippen LogP contribution in [0.15, 0.2) is 0 Å². The fraction of sp³-hybridized carbons (Fsp3) is 0.800. The van der Waals surface area contributed by atoms with Gasteiger partial charge in [0.05, 0.1) is 6.04 Å². The summed E-state index contributed by atoms with van der Waals surface area (Å²) in [7, 11) is 0. The lowest BCUT2D eigenvalue weighted by Gasteiger charge is -2.14. The van der Waals surface area contributed by atoms with Crippen LogP contribution in [-0.4, -0.2) is 29.6 Å². The van der Waals surface area contributed by atoms with E-state index >= 15 is 0 Å². The molecule has 0 spiro atoms. The molecule has 0 aromatic rings. The summed E-state index contributed by atoms with van der Waals surface area (Å²) >= 11 is 0. The maximum atomic E-state index is 11.3. The van der Waals surface area contributed by atoms with Gasteiger partial charge in [0.15, 0.2) is 0 Å². The van der Waals surface area contributed by atoms with E-state index in [-0.39, 0.29) is 18.2 Å². The van der Waals surface area contributed by atoms with E-state index in [4.69, 9.17) is 10.8 Å². The first kappa shape index (κ1) is 13.9. The average molecular weight is 216 g/mol. The van der Waals surface area contributed by atoms with Gasteiger partial charge in [-0.1, -0.05) is 13.8 Å². The zero-order valence-corrected chi connectivity index (χ0v) is 9.32. The first-order chi connectivity index (χ1) is 6.95. The SMILES string of the molecule is CC(C)[C@@H](N)C(=O)NCCCCC(=O)O. The van der Waals surface area contributed by atoms with Crippen molar-refractivity contribution in [3.8, 4) is 0 Å². The van der Waals surface area contributed by atoms with Crippen molar-refractivity contribution in [1.82, 2.24) is 5.32 Å². The molecule has 5 heteroatoms. The normalized spacial score (nSPS) is 12.5. The van der Waals surface area contributed by atoms with Gasteiger partial charge in [-0.05, 0) is 18.8 Å². The molecule has 4 N–H and O–H groups in total. The molecule has 1 amide bonds. The molecule has 0 saturated heterocycles. The van der Waals surface area contributed by atoms with Gasteiger partial charge in [0.1, 0.15) is 0 Å². The Labute approximate surface area is 90.0 Å². The number of carbonyl (C=O) groups excluding carboxylic acids is 1. The predicted octanol–water partition coefficient (Wildman–Crippen LogP) is 0.341. The fourth-order valence-electron chi connectivity index (χ4n) is 1.03. The van der Waals surface area contributed by atoms with Crippen LogP contribution in [0.2, 0.25) is 0 Å². The molecule has 0 aliphatic heterocycles. The van der Waals surface area contributed by atoms with Gasteiger partial charge in [0.25, 0.3) is 0 Å². The average Bonchev–Trinajstić information content (AvgIpc) is 2.15. The number of carboxylic acids is 1. The van der Waals surface area contributed by atoms with E-state index in [9.17, 15) is 9.59 Å². The number of amides is 1. The third-order valence-corrected chi connectivity index (χ3v) is 2.14. The van der Waals surface area contributed by atoms with E-state index in [0.29, 0.717) is 19.4 Å². The molecule has 0 bridgehead atoms. The van der Waals surface area contributed by atoms with Crippen LogP contribution >= 0.6 is 0 Å². The van der Waals surface area contributed by atoms with Crippen molar-refractivity contribution in [2.24, 2.45) is 11.7 Å². The van der Waals surface area contributed by atoms with Crippen LogP contribution in [-0.2, 0) is 9.59 Å². The molecule has 5 nitrogen and oxygen atoms in total. The number of nitrogens with one attached hydrogen (secondary N) is 1. The van der Waals surface area contributed by atoms with E-state index in [1.54, 1.807) is 0 Å². The Balaban J connectivity index is 3.51. The van der Waals surface area contributed by atoms with E-state index in [0.717, 1.165) is 0 Å². The van der Waals surface area contributed by atoms with Crippen molar-refractivity contribution >= 4 is 11.9 Å². The first-order valence-electron chi connectivity index (χ1n) is 5.20. The Morgan fingerprint density at radius 2 is 1.93 bits per heavy atom. The second kappa shape index (κ2) is 7.23. The molecule has 0 rings (SSSR count). The largest absolute Gasteiger partial charge is 0.481 e. The number of rotatable bonds is 7. The van der Waals surface area contributed by atoms with Crippen LogP contribution in [0.25, 0.3) is 0 Å². The zero-order valence-electron chi connectivity index (χ0n) is 9.32. The maximum absolute atomic E-state index is 11.3. The van der Waals surface area contributed by atoms with Gasteiger partial charge in [-0.25, -0.2) is 0 Å². The predicted molar refractivity (Wildman–Crippen MR) is 57.3 cm³/mol. The summed E-state index contributed by atoms with van der Waals surface area (Å²) in [6.45, 7) is 4.26. The molecule has 0 aromatic carbocycles. The second-order valence-corrected chi connectivity index (χ2v) is 3.91. The molecule has 0 saturated carbocycles. The Kier molecular flexibility index (Phi) is 6.70. The minimum atomic E-state index is -0.805. The highest BCUT2D eigenvalue weighted by Crippen LogP contribution is 1.98. The molecular weight excluding hydrogens is 196 g/mol. The third kappa shape index (κ3) is 6.90. The van der Waals surface area contributed by atoms with Crippen LogP contribution < -0.4 is 11.1 Å². The van der Waals surface area contributed by atoms with Crippen molar-refractivity contribution in [2.45, 2.75) is 39.2 Å². The summed E-state index contributed by atoms with van der Waals surface area (Å²) in [5.41, 5.74) is 5.62. The van der Waals surface area contributed by atoms with Gasteiger partial charge in [0.2, 0.25) is 5.91 Å². The molecular formula is C10H20N2O3. The Hall–Kier alpha value is -1.10. The number of carbonyl (C=O) groups is 2.